The van der Waals surface area contributed by atoms with E-state index in [9.17, 15) is 9.59 Å². The van der Waals surface area contributed by atoms with Crippen LogP contribution in [0.3, 0.4) is 0 Å². The van der Waals surface area contributed by atoms with Gasteiger partial charge in [0.1, 0.15) is 0 Å². The van der Waals surface area contributed by atoms with E-state index in [0.29, 0.717) is 17.8 Å². The van der Waals surface area contributed by atoms with Gasteiger partial charge in [-0.25, -0.2) is 4.79 Å². The summed E-state index contributed by atoms with van der Waals surface area (Å²) in [7, 11) is 0. The molecule has 1 N–H and O–H groups in total. The van der Waals surface area contributed by atoms with Gasteiger partial charge in [-0.05, 0) is 19.4 Å². The summed E-state index contributed by atoms with van der Waals surface area (Å²) < 4.78 is 1.58. The third kappa shape index (κ3) is 2.71. The highest BCUT2D eigenvalue weighted by Gasteiger charge is 2.07. The molecular weight excluding hydrogens is 252 g/mol. The highest BCUT2D eigenvalue weighted by atomic mass is 35.5. The van der Waals surface area contributed by atoms with E-state index in [1.54, 1.807) is 18.4 Å². The van der Waals surface area contributed by atoms with Gasteiger partial charge in [0.2, 0.25) is 0 Å². The van der Waals surface area contributed by atoms with Crippen LogP contribution in [0.5, 0.6) is 0 Å². The van der Waals surface area contributed by atoms with Crippen LogP contribution in [-0.2, 0) is 6.54 Å². The summed E-state index contributed by atoms with van der Waals surface area (Å²) in [5.74, 6) is 0. The van der Waals surface area contributed by atoms with Gasteiger partial charge < -0.3 is 0 Å². The second-order valence-corrected chi connectivity index (χ2v) is 4.04. The molecule has 0 saturated heterocycles. The van der Waals surface area contributed by atoms with E-state index in [-0.39, 0.29) is 23.7 Å². The summed E-state index contributed by atoms with van der Waals surface area (Å²) in [5.41, 5.74) is 1.66. The molecule has 0 unspecified atom stereocenters. The van der Waals surface area contributed by atoms with Crippen LogP contribution >= 0.6 is 12.4 Å². The lowest BCUT2D eigenvalue weighted by molar-refractivity contribution is 0.685. The van der Waals surface area contributed by atoms with Crippen molar-refractivity contribution in [2.45, 2.75) is 20.4 Å². The molecule has 0 spiro atoms. The number of aromatic nitrogens is 2. The number of hydrogen-bond donors (Lipinski definition) is 1. The minimum absolute atomic E-state index is 0. The number of aromatic amines is 1. The van der Waals surface area contributed by atoms with E-state index < -0.39 is 0 Å². The first-order chi connectivity index (χ1) is 8.09. The van der Waals surface area contributed by atoms with Gasteiger partial charge in [0.25, 0.3) is 5.56 Å². The molecule has 0 saturated carbocycles. The van der Waals surface area contributed by atoms with Crippen LogP contribution < -0.4 is 11.2 Å². The zero-order valence-corrected chi connectivity index (χ0v) is 11.1. The average molecular weight is 267 g/mol. The van der Waals surface area contributed by atoms with Crippen LogP contribution in [0.4, 0.5) is 0 Å². The topological polar surface area (TPSA) is 54.9 Å². The van der Waals surface area contributed by atoms with Crippen molar-refractivity contribution in [2.75, 3.05) is 0 Å². The number of nitrogens with zero attached hydrogens (tertiary/aromatic N) is 1. The second kappa shape index (κ2) is 5.69. The first-order valence-electron chi connectivity index (χ1n) is 5.44. The molecule has 1 heterocycles. The maximum atomic E-state index is 11.7. The molecule has 0 amide bonds. The summed E-state index contributed by atoms with van der Waals surface area (Å²) in [6.07, 6.45) is 0. The van der Waals surface area contributed by atoms with E-state index in [1.807, 2.05) is 30.3 Å². The maximum Gasteiger partial charge on any atom is 0.328 e. The van der Waals surface area contributed by atoms with Crippen LogP contribution in [0.1, 0.15) is 16.8 Å². The zero-order chi connectivity index (χ0) is 12.4. The molecule has 5 heteroatoms. The standard InChI is InChI=1S/C13H14N2O2.ClH/c1-9-10(2)15(13(17)14-12(9)16)8-11-6-4-3-5-7-11;/h3-7H,8H2,1-2H3,(H,14,16,17);1H. The fourth-order valence-corrected chi connectivity index (χ4v) is 1.73. The lowest BCUT2D eigenvalue weighted by atomic mass is 10.2. The molecule has 4 nitrogen and oxygen atoms in total. The highest BCUT2D eigenvalue weighted by Crippen LogP contribution is 2.03. The number of hydrogen-bond acceptors (Lipinski definition) is 2. The molecule has 18 heavy (non-hydrogen) atoms. The van der Waals surface area contributed by atoms with Gasteiger partial charge in [0.05, 0.1) is 6.54 Å². The number of benzene rings is 1. The van der Waals surface area contributed by atoms with E-state index >= 15 is 0 Å². The Bertz CT molecular complexity index is 644. The lowest BCUT2D eigenvalue weighted by Gasteiger charge is -2.10. The smallest absolute Gasteiger partial charge is 0.293 e. The molecular formula is C13H15ClN2O2. The van der Waals surface area contributed by atoms with Crippen molar-refractivity contribution in [1.29, 1.82) is 0 Å². The van der Waals surface area contributed by atoms with Crippen molar-refractivity contribution in [3.05, 3.63) is 68.0 Å². The quantitative estimate of drug-likeness (QED) is 0.898. The molecule has 0 radical (unpaired) electrons. The summed E-state index contributed by atoms with van der Waals surface area (Å²) in [6.45, 7) is 3.98. The van der Waals surface area contributed by atoms with E-state index in [0.717, 1.165) is 5.56 Å². The predicted molar refractivity (Wildman–Crippen MR) is 73.6 cm³/mol. The maximum absolute atomic E-state index is 11.7. The minimum Gasteiger partial charge on any atom is -0.293 e. The van der Waals surface area contributed by atoms with Crippen LogP contribution in [-0.4, -0.2) is 9.55 Å². The molecule has 0 aliphatic rings. The molecule has 0 bridgehead atoms. The third-order valence-electron chi connectivity index (χ3n) is 2.94. The highest BCUT2D eigenvalue weighted by molar-refractivity contribution is 5.85. The van der Waals surface area contributed by atoms with Gasteiger partial charge >= 0.3 is 5.69 Å². The number of rotatable bonds is 2. The number of nitrogens with one attached hydrogen (secondary N) is 1. The molecule has 0 atom stereocenters. The van der Waals surface area contributed by atoms with Crippen molar-refractivity contribution >= 4 is 12.4 Å². The Morgan fingerprint density at radius 2 is 1.72 bits per heavy atom. The fourth-order valence-electron chi connectivity index (χ4n) is 1.73. The van der Waals surface area contributed by atoms with Gasteiger partial charge in [-0.1, -0.05) is 30.3 Å². The molecule has 0 fully saturated rings. The Balaban J connectivity index is 0.00000162. The Morgan fingerprint density at radius 1 is 1.11 bits per heavy atom. The van der Waals surface area contributed by atoms with Gasteiger partial charge in [0, 0.05) is 11.3 Å². The fraction of sp³-hybridized carbons (Fsp3) is 0.231. The molecule has 1 aromatic heterocycles. The normalized spacial score (nSPS) is 9.89. The first kappa shape index (κ1) is 14.3. The predicted octanol–water partition coefficient (Wildman–Crippen LogP) is 1.62. The molecule has 2 rings (SSSR count). The monoisotopic (exact) mass is 266 g/mol. The SMILES string of the molecule is Cc1c(C)n(Cc2ccccc2)c(=O)[nH]c1=O.Cl. The van der Waals surface area contributed by atoms with E-state index in [1.165, 1.54) is 0 Å². The second-order valence-electron chi connectivity index (χ2n) is 4.04. The average Bonchev–Trinajstić information content (AvgIpc) is 2.33. The summed E-state index contributed by atoms with van der Waals surface area (Å²) in [4.78, 5) is 25.4. The Morgan fingerprint density at radius 3 is 2.33 bits per heavy atom. The van der Waals surface area contributed by atoms with Crippen molar-refractivity contribution in [3.63, 3.8) is 0 Å². The van der Waals surface area contributed by atoms with Crippen LogP contribution in [0, 0.1) is 13.8 Å². The van der Waals surface area contributed by atoms with E-state index in [4.69, 9.17) is 0 Å². The molecule has 96 valence electrons. The number of H-pyrrole nitrogens is 1. The molecule has 2 aromatic rings. The minimum atomic E-state index is -0.359. The summed E-state index contributed by atoms with van der Waals surface area (Å²) in [6, 6.07) is 9.68. The Hall–Kier alpha value is -1.81. The van der Waals surface area contributed by atoms with Crippen molar-refractivity contribution in [1.82, 2.24) is 9.55 Å². The van der Waals surface area contributed by atoms with Gasteiger partial charge in [-0.3, -0.25) is 14.3 Å². The van der Waals surface area contributed by atoms with Crippen molar-refractivity contribution in [3.8, 4) is 0 Å². The largest absolute Gasteiger partial charge is 0.328 e. The number of halogens is 1. The summed E-state index contributed by atoms with van der Waals surface area (Å²) in [5, 5.41) is 0. The molecule has 0 aliphatic heterocycles. The van der Waals surface area contributed by atoms with Crippen molar-refractivity contribution < 1.29 is 0 Å². The molecule has 1 aromatic carbocycles. The van der Waals surface area contributed by atoms with Gasteiger partial charge in [-0.2, -0.15) is 0 Å². The van der Waals surface area contributed by atoms with Gasteiger partial charge in [0.15, 0.2) is 0 Å². The Labute approximate surface area is 111 Å². The van der Waals surface area contributed by atoms with Gasteiger partial charge in [-0.15, -0.1) is 12.4 Å². The lowest BCUT2D eigenvalue weighted by Crippen LogP contribution is -2.33. The summed E-state index contributed by atoms with van der Waals surface area (Å²) >= 11 is 0. The van der Waals surface area contributed by atoms with E-state index in [2.05, 4.69) is 4.98 Å². The van der Waals surface area contributed by atoms with Crippen molar-refractivity contribution in [2.24, 2.45) is 0 Å². The first-order valence-corrected chi connectivity index (χ1v) is 5.44. The van der Waals surface area contributed by atoms with Crippen LogP contribution in [0.25, 0.3) is 0 Å². The zero-order valence-electron chi connectivity index (χ0n) is 10.3. The van der Waals surface area contributed by atoms with Crippen LogP contribution in [0.2, 0.25) is 0 Å². The molecule has 0 aliphatic carbocycles. The van der Waals surface area contributed by atoms with Crippen LogP contribution in [0.15, 0.2) is 39.9 Å². The Kier molecular flexibility index (Phi) is 4.50. The third-order valence-corrected chi connectivity index (χ3v) is 2.94.